The molecule has 0 spiro atoms. The molecule has 2 aliphatic rings. The van der Waals surface area contributed by atoms with Crippen LogP contribution in [0.3, 0.4) is 0 Å². The average molecular weight is 174 g/mol. The fourth-order valence-corrected chi connectivity index (χ4v) is 1.83. The molecule has 3 heteroatoms. The van der Waals surface area contributed by atoms with E-state index in [4.69, 9.17) is 5.26 Å². The molecule has 13 heavy (non-hydrogen) atoms. The van der Waals surface area contributed by atoms with Gasteiger partial charge < -0.3 is 4.90 Å². The van der Waals surface area contributed by atoms with Crippen molar-refractivity contribution < 1.29 is 4.79 Å². The van der Waals surface area contributed by atoms with Crippen molar-refractivity contribution in [2.24, 2.45) is 5.92 Å². The van der Waals surface area contributed by atoms with Gasteiger partial charge in [-0.15, -0.1) is 0 Å². The van der Waals surface area contributed by atoms with Crippen molar-refractivity contribution in [2.75, 3.05) is 13.6 Å². The number of carbonyl (C=O) groups is 1. The summed E-state index contributed by atoms with van der Waals surface area (Å²) < 4.78 is 0. The summed E-state index contributed by atoms with van der Waals surface area (Å²) in [6.07, 6.45) is 4.50. The molecular formula is C10H10N2O. The lowest BCUT2D eigenvalue weighted by molar-refractivity contribution is -0.124. The molecule has 1 unspecified atom stereocenters. The van der Waals surface area contributed by atoms with Crippen molar-refractivity contribution in [3.63, 3.8) is 0 Å². The number of likely N-dealkylation sites (N-methyl/N-ethyl adjacent to an activating group) is 1. The lowest BCUT2D eigenvalue weighted by Gasteiger charge is -2.12. The number of allylic oxidation sites excluding steroid dienone is 1. The molecule has 0 radical (unpaired) electrons. The Morgan fingerprint density at radius 3 is 3.15 bits per heavy atom. The van der Waals surface area contributed by atoms with E-state index in [0.29, 0.717) is 6.54 Å². The Kier molecular flexibility index (Phi) is 1.70. The molecule has 0 saturated heterocycles. The smallest absolute Gasteiger partial charge is 0.253 e. The Morgan fingerprint density at radius 2 is 2.46 bits per heavy atom. The van der Waals surface area contributed by atoms with E-state index in [1.54, 1.807) is 11.9 Å². The lowest BCUT2D eigenvalue weighted by Crippen LogP contribution is -2.21. The summed E-state index contributed by atoms with van der Waals surface area (Å²) in [7, 11) is 1.77. The summed E-state index contributed by atoms with van der Waals surface area (Å²) in [6.45, 7) is 0.622. The number of amides is 1. The second-order valence-corrected chi connectivity index (χ2v) is 3.42. The first-order valence-electron chi connectivity index (χ1n) is 4.28. The molecule has 0 saturated carbocycles. The van der Waals surface area contributed by atoms with Gasteiger partial charge in [0.05, 0.1) is 12.0 Å². The Balaban J connectivity index is 2.41. The summed E-state index contributed by atoms with van der Waals surface area (Å²) in [5, 5.41) is 8.86. The minimum atomic E-state index is -0.0890. The van der Waals surface area contributed by atoms with Gasteiger partial charge in [0, 0.05) is 19.2 Å². The SMILES string of the molecule is CN1CC2=C(C=CCC2C#N)C1=O. The van der Waals surface area contributed by atoms with Crippen LogP contribution < -0.4 is 0 Å². The van der Waals surface area contributed by atoms with E-state index < -0.39 is 0 Å². The molecule has 0 aromatic rings. The number of carbonyl (C=O) groups excluding carboxylic acids is 1. The molecule has 0 bridgehead atoms. The first-order chi connectivity index (χ1) is 6.24. The predicted octanol–water partition coefficient (Wildman–Crippen LogP) is 0.855. The molecule has 0 aromatic heterocycles. The summed E-state index contributed by atoms with van der Waals surface area (Å²) in [6, 6.07) is 2.23. The van der Waals surface area contributed by atoms with Crippen LogP contribution in [-0.2, 0) is 4.79 Å². The van der Waals surface area contributed by atoms with Gasteiger partial charge in [-0.1, -0.05) is 12.2 Å². The van der Waals surface area contributed by atoms with Crippen molar-refractivity contribution >= 4 is 5.91 Å². The first-order valence-corrected chi connectivity index (χ1v) is 4.28. The van der Waals surface area contributed by atoms with Crippen LogP contribution in [0.2, 0.25) is 0 Å². The molecule has 1 heterocycles. The van der Waals surface area contributed by atoms with E-state index in [-0.39, 0.29) is 11.8 Å². The van der Waals surface area contributed by atoms with Crippen molar-refractivity contribution in [2.45, 2.75) is 6.42 Å². The summed E-state index contributed by atoms with van der Waals surface area (Å²) in [5.41, 5.74) is 1.73. The Morgan fingerprint density at radius 1 is 1.69 bits per heavy atom. The van der Waals surface area contributed by atoms with Crippen molar-refractivity contribution in [3.05, 3.63) is 23.3 Å². The van der Waals surface area contributed by atoms with Crippen LogP contribution in [0.1, 0.15) is 6.42 Å². The molecule has 1 aliphatic carbocycles. The molecule has 1 amide bonds. The summed E-state index contributed by atoms with van der Waals surface area (Å²) in [4.78, 5) is 13.2. The molecule has 0 N–H and O–H groups in total. The largest absolute Gasteiger partial charge is 0.338 e. The van der Waals surface area contributed by atoms with Crippen LogP contribution in [0.15, 0.2) is 23.3 Å². The van der Waals surface area contributed by atoms with Gasteiger partial charge in [0.1, 0.15) is 0 Å². The zero-order valence-electron chi connectivity index (χ0n) is 7.45. The second-order valence-electron chi connectivity index (χ2n) is 3.42. The van der Waals surface area contributed by atoms with Gasteiger partial charge >= 0.3 is 0 Å². The fraction of sp³-hybridized carbons (Fsp3) is 0.400. The van der Waals surface area contributed by atoms with Crippen molar-refractivity contribution in [1.82, 2.24) is 4.90 Å². The highest BCUT2D eigenvalue weighted by Gasteiger charge is 2.31. The zero-order chi connectivity index (χ0) is 9.42. The quantitative estimate of drug-likeness (QED) is 0.546. The fourth-order valence-electron chi connectivity index (χ4n) is 1.83. The van der Waals surface area contributed by atoms with Gasteiger partial charge in [0.15, 0.2) is 0 Å². The van der Waals surface area contributed by atoms with Gasteiger partial charge in [-0.2, -0.15) is 5.26 Å². The Bertz CT molecular complexity index is 360. The number of nitriles is 1. The zero-order valence-corrected chi connectivity index (χ0v) is 7.45. The van der Waals surface area contributed by atoms with Gasteiger partial charge in [0.25, 0.3) is 5.91 Å². The molecule has 2 rings (SSSR count). The number of hydrogen-bond acceptors (Lipinski definition) is 2. The molecule has 0 aromatic carbocycles. The Hall–Kier alpha value is -1.56. The van der Waals surface area contributed by atoms with Crippen LogP contribution in [-0.4, -0.2) is 24.4 Å². The van der Waals surface area contributed by atoms with E-state index in [2.05, 4.69) is 6.07 Å². The van der Waals surface area contributed by atoms with Gasteiger partial charge in [-0.3, -0.25) is 4.79 Å². The maximum Gasteiger partial charge on any atom is 0.253 e. The molecule has 1 aliphatic heterocycles. The van der Waals surface area contributed by atoms with E-state index in [0.717, 1.165) is 17.6 Å². The highest BCUT2D eigenvalue weighted by atomic mass is 16.2. The highest BCUT2D eigenvalue weighted by Crippen LogP contribution is 2.30. The monoisotopic (exact) mass is 174 g/mol. The number of nitrogens with zero attached hydrogens (tertiary/aromatic N) is 2. The average Bonchev–Trinajstić information content (AvgIpc) is 2.43. The van der Waals surface area contributed by atoms with Crippen LogP contribution in [0.4, 0.5) is 0 Å². The molecule has 3 nitrogen and oxygen atoms in total. The second kappa shape index (κ2) is 2.74. The van der Waals surface area contributed by atoms with Gasteiger partial charge in [0.2, 0.25) is 0 Å². The maximum absolute atomic E-state index is 11.5. The minimum absolute atomic E-state index is 0.0474. The summed E-state index contributed by atoms with van der Waals surface area (Å²) >= 11 is 0. The van der Waals surface area contributed by atoms with E-state index in [1.165, 1.54) is 0 Å². The first kappa shape index (κ1) is 8.06. The molecule has 1 atom stereocenters. The van der Waals surface area contributed by atoms with Crippen molar-refractivity contribution in [3.8, 4) is 6.07 Å². The predicted molar refractivity (Wildman–Crippen MR) is 47.5 cm³/mol. The maximum atomic E-state index is 11.5. The summed E-state index contributed by atoms with van der Waals surface area (Å²) in [5.74, 6) is -0.0416. The van der Waals surface area contributed by atoms with Crippen LogP contribution in [0.25, 0.3) is 0 Å². The third kappa shape index (κ3) is 1.06. The standard InChI is InChI=1S/C10H10N2O/c1-12-6-9-7(5-11)3-2-4-8(9)10(12)13/h2,4,7H,3,6H2,1H3. The molecule has 0 fully saturated rings. The van der Waals surface area contributed by atoms with Crippen LogP contribution >= 0.6 is 0 Å². The Labute approximate surface area is 76.9 Å². The molecule has 66 valence electrons. The normalized spacial score (nSPS) is 26.3. The minimum Gasteiger partial charge on any atom is -0.338 e. The van der Waals surface area contributed by atoms with Crippen molar-refractivity contribution in [1.29, 1.82) is 5.26 Å². The lowest BCUT2D eigenvalue weighted by atomic mass is 9.90. The van der Waals surface area contributed by atoms with Gasteiger partial charge in [-0.05, 0) is 12.0 Å². The highest BCUT2D eigenvalue weighted by molar-refractivity contribution is 6.00. The third-order valence-corrected chi connectivity index (χ3v) is 2.56. The number of rotatable bonds is 0. The topological polar surface area (TPSA) is 44.1 Å². The van der Waals surface area contributed by atoms with Crippen LogP contribution in [0, 0.1) is 17.2 Å². The third-order valence-electron chi connectivity index (χ3n) is 2.56. The van der Waals surface area contributed by atoms with Gasteiger partial charge in [-0.25, -0.2) is 0 Å². The molecular weight excluding hydrogens is 164 g/mol. The van der Waals surface area contributed by atoms with E-state index in [1.807, 2.05) is 12.2 Å². The van der Waals surface area contributed by atoms with Crippen LogP contribution in [0.5, 0.6) is 0 Å². The van der Waals surface area contributed by atoms with E-state index >= 15 is 0 Å². The number of hydrogen-bond donors (Lipinski definition) is 0. The van der Waals surface area contributed by atoms with E-state index in [9.17, 15) is 4.79 Å².